The Morgan fingerprint density at radius 1 is 1.71 bits per heavy atom. The standard InChI is InChI=1S/C12H18O2/c1-6-10(3)8-9-12(5,7-2)14-11(4)13/h2,8-10H,6H2,1,3-5H3/b9-8+. The van der Waals surface area contributed by atoms with E-state index in [0.717, 1.165) is 6.42 Å². The van der Waals surface area contributed by atoms with Crippen molar-refractivity contribution in [3.05, 3.63) is 12.2 Å². The zero-order chi connectivity index (χ0) is 11.2. The molecular formula is C12H18O2. The lowest BCUT2D eigenvalue weighted by atomic mass is 10.0. The summed E-state index contributed by atoms with van der Waals surface area (Å²) >= 11 is 0. The maximum Gasteiger partial charge on any atom is 0.304 e. The number of ether oxygens (including phenoxy) is 1. The molecule has 2 unspecified atom stereocenters. The fourth-order valence-electron chi connectivity index (χ4n) is 0.894. The molecule has 0 spiro atoms. The summed E-state index contributed by atoms with van der Waals surface area (Å²) in [6.07, 6.45) is 10.1. The van der Waals surface area contributed by atoms with Gasteiger partial charge in [-0.15, -0.1) is 6.42 Å². The second kappa shape index (κ2) is 5.49. The Bertz CT molecular complexity index is 260. The first-order valence-electron chi connectivity index (χ1n) is 4.80. The first-order valence-corrected chi connectivity index (χ1v) is 4.80. The molecule has 14 heavy (non-hydrogen) atoms. The number of hydrogen-bond acceptors (Lipinski definition) is 2. The van der Waals surface area contributed by atoms with Crippen LogP contribution in [0.4, 0.5) is 0 Å². The fraction of sp³-hybridized carbons (Fsp3) is 0.583. The Hall–Kier alpha value is -1.23. The van der Waals surface area contributed by atoms with Gasteiger partial charge in [0.2, 0.25) is 0 Å². The molecule has 2 atom stereocenters. The fourth-order valence-corrected chi connectivity index (χ4v) is 0.894. The lowest BCUT2D eigenvalue weighted by molar-refractivity contribution is -0.147. The lowest BCUT2D eigenvalue weighted by Gasteiger charge is -2.19. The third-order valence-electron chi connectivity index (χ3n) is 2.03. The second-order valence-corrected chi connectivity index (χ2v) is 3.59. The number of terminal acetylenes is 1. The largest absolute Gasteiger partial charge is 0.443 e. The summed E-state index contributed by atoms with van der Waals surface area (Å²) in [4.78, 5) is 10.8. The molecule has 0 N–H and O–H groups in total. The van der Waals surface area contributed by atoms with Gasteiger partial charge >= 0.3 is 5.97 Å². The second-order valence-electron chi connectivity index (χ2n) is 3.59. The number of allylic oxidation sites excluding steroid dienone is 1. The molecule has 0 rings (SSSR count). The number of rotatable bonds is 4. The molecule has 0 aliphatic heterocycles. The van der Waals surface area contributed by atoms with Gasteiger partial charge in [-0.3, -0.25) is 4.79 Å². The Morgan fingerprint density at radius 2 is 2.29 bits per heavy atom. The van der Waals surface area contributed by atoms with Crippen LogP contribution in [-0.2, 0) is 9.53 Å². The van der Waals surface area contributed by atoms with Crippen molar-refractivity contribution in [2.75, 3.05) is 0 Å². The molecule has 0 amide bonds. The van der Waals surface area contributed by atoms with Crippen molar-refractivity contribution < 1.29 is 9.53 Å². The van der Waals surface area contributed by atoms with Crippen molar-refractivity contribution in [3.63, 3.8) is 0 Å². The highest BCUT2D eigenvalue weighted by Gasteiger charge is 2.20. The molecule has 0 bridgehead atoms. The van der Waals surface area contributed by atoms with E-state index in [-0.39, 0.29) is 5.97 Å². The molecule has 0 fully saturated rings. The summed E-state index contributed by atoms with van der Waals surface area (Å²) in [6, 6.07) is 0. The van der Waals surface area contributed by atoms with Crippen LogP contribution in [0.1, 0.15) is 34.1 Å². The van der Waals surface area contributed by atoms with Crippen LogP contribution in [0.15, 0.2) is 12.2 Å². The predicted octanol–water partition coefficient (Wildman–Crippen LogP) is 2.54. The van der Waals surface area contributed by atoms with E-state index >= 15 is 0 Å². The molecule has 2 heteroatoms. The highest BCUT2D eigenvalue weighted by molar-refractivity contribution is 5.67. The first-order chi connectivity index (χ1) is 6.43. The van der Waals surface area contributed by atoms with Crippen molar-refractivity contribution in [2.24, 2.45) is 5.92 Å². The van der Waals surface area contributed by atoms with Gasteiger partial charge in [0.15, 0.2) is 5.60 Å². The van der Waals surface area contributed by atoms with Crippen LogP contribution in [0.5, 0.6) is 0 Å². The zero-order valence-electron chi connectivity index (χ0n) is 9.33. The Balaban J connectivity index is 4.48. The highest BCUT2D eigenvalue weighted by atomic mass is 16.6. The molecule has 0 aromatic rings. The molecule has 0 radical (unpaired) electrons. The van der Waals surface area contributed by atoms with Gasteiger partial charge in [0, 0.05) is 6.92 Å². The Labute approximate surface area is 86.3 Å². The molecule has 0 heterocycles. The minimum Gasteiger partial charge on any atom is -0.443 e. The van der Waals surface area contributed by atoms with Crippen LogP contribution in [0, 0.1) is 18.3 Å². The molecule has 0 aromatic heterocycles. The van der Waals surface area contributed by atoms with Crippen molar-refractivity contribution in [1.82, 2.24) is 0 Å². The minimum atomic E-state index is -0.907. The van der Waals surface area contributed by atoms with Gasteiger partial charge in [-0.05, 0) is 18.9 Å². The van der Waals surface area contributed by atoms with Gasteiger partial charge in [-0.2, -0.15) is 0 Å². The number of carbonyl (C=O) groups is 1. The van der Waals surface area contributed by atoms with E-state index in [4.69, 9.17) is 11.2 Å². The third-order valence-corrected chi connectivity index (χ3v) is 2.03. The average Bonchev–Trinajstić information content (AvgIpc) is 2.13. The summed E-state index contributed by atoms with van der Waals surface area (Å²) in [5, 5.41) is 0. The van der Waals surface area contributed by atoms with Gasteiger partial charge < -0.3 is 4.74 Å². The monoisotopic (exact) mass is 194 g/mol. The quantitative estimate of drug-likeness (QED) is 0.390. The van der Waals surface area contributed by atoms with Crippen LogP contribution < -0.4 is 0 Å². The summed E-state index contributed by atoms with van der Waals surface area (Å²) in [5.74, 6) is 2.54. The van der Waals surface area contributed by atoms with Crippen molar-refractivity contribution in [1.29, 1.82) is 0 Å². The van der Waals surface area contributed by atoms with Gasteiger partial charge in [0.05, 0.1) is 0 Å². The normalized spacial score (nSPS) is 17.1. The maximum atomic E-state index is 10.8. The van der Waals surface area contributed by atoms with Crippen molar-refractivity contribution in [3.8, 4) is 12.3 Å². The van der Waals surface area contributed by atoms with Crippen LogP contribution in [-0.4, -0.2) is 11.6 Å². The number of hydrogen-bond donors (Lipinski definition) is 0. The summed E-state index contributed by atoms with van der Waals surface area (Å²) in [6.45, 7) is 7.23. The van der Waals surface area contributed by atoms with Crippen LogP contribution in [0.3, 0.4) is 0 Å². The molecule has 2 nitrogen and oxygen atoms in total. The van der Waals surface area contributed by atoms with E-state index in [1.807, 2.05) is 6.08 Å². The van der Waals surface area contributed by atoms with E-state index < -0.39 is 5.60 Å². The SMILES string of the molecule is C#CC(C)(/C=C/C(C)CC)OC(C)=O. The molecule has 0 saturated heterocycles. The topological polar surface area (TPSA) is 26.3 Å². The van der Waals surface area contributed by atoms with E-state index in [2.05, 4.69) is 19.8 Å². The minimum absolute atomic E-state index is 0.362. The molecule has 0 aliphatic carbocycles. The van der Waals surface area contributed by atoms with E-state index in [9.17, 15) is 4.79 Å². The highest BCUT2D eigenvalue weighted by Crippen LogP contribution is 2.14. The summed E-state index contributed by atoms with van der Waals surface area (Å²) in [7, 11) is 0. The third kappa shape index (κ3) is 4.71. The Kier molecular flexibility index (Phi) is 5.01. The van der Waals surface area contributed by atoms with Crippen LogP contribution in [0.25, 0.3) is 0 Å². The first kappa shape index (κ1) is 12.8. The van der Waals surface area contributed by atoms with Crippen molar-refractivity contribution >= 4 is 5.97 Å². The maximum absolute atomic E-state index is 10.8. The van der Waals surface area contributed by atoms with E-state index in [1.54, 1.807) is 13.0 Å². The predicted molar refractivity (Wildman–Crippen MR) is 57.6 cm³/mol. The molecule has 78 valence electrons. The van der Waals surface area contributed by atoms with E-state index in [0.29, 0.717) is 5.92 Å². The van der Waals surface area contributed by atoms with Gasteiger partial charge in [-0.25, -0.2) is 0 Å². The average molecular weight is 194 g/mol. The Morgan fingerprint density at radius 3 is 2.64 bits per heavy atom. The lowest BCUT2D eigenvalue weighted by Crippen LogP contribution is -2.26. The van der Waals surface area contributed by atoms with Crippen LogP contribution >= 0.6 is 0 Å². The van der Waals surface area contributed by atoms with Crippen LogP contribution in [0.2, 0.25) is 0 Å². The summed E-state index contributed by atoms with van der Waals surface area (Å²) in [5.41, 5.74) is -0.907. The number of esters is 1. The summed E-state index contributed by atoms with van der Waals surface area (Å²) < 4.78 is 5.02. The van der Waals surface area contributed by atoms with Gasteiger partial charge in [-0.1, -0.05) is 32.3 Å². The van der Waals surface area contributed by atoms with E-state index in [1.165, 1.54) is 6.92 Å². The van der Waals surface area contributed by atoms with Crippen molar-refractivity contribution in [2.45, 2.75) is 39.7 Å². The van der Waals surface area contributed by atoms with Gasteiger partial charge in [0.25, 0.3) is 0 Å². The smallest absolute Gasteiger partial charge is 0.304 e. The molecule has 0 aromatic carbocycles. The molecule has 0 saturated carbocycles. The molecular weight excluding hydrogens is 176 g/mol. The number of carbonyl (C=O) groups excluding carboxylic acids is 1. The zero-order valence-corrected chi connectivity index (χ0v) is 9.33. The molecule has 0 aliphatic rings. The van der Waals surface area contributed by atoms with Gasteiger partial charge in [0.1, 0.15) is 0 Å².